The van der Waals surface area contributed by atoms with Gasteiger partial charge in [0.25, 0.3) is 11.8 Å². The Bertz CT molecular complexity index is 1330. The number of hydrogen-bond donors (Lipinski definition) is 3. The number of hydrogen-bond acceptors (Lipinski definition) is 6. The van der Waals surface area contributed by atoms with E-state index in [0.717, 1.165) is 0 Å². The zero-order valence-corrected chi connectivity index (χ0v) is 20.5. The second-order valence-corrected chi connectivity index (χ2v) is 8.35. The van der Waals surface area contributed by atoms with Gasteiger partial charge in [-0.15, -0.1) is 0 Å². The quantitative estimate of drug-likeness (QED) is 0.430. The minimum absolute atomic E-state index is 0.0232. The molecule has 2 aromatic heterocycles. The number of anilines is 1. The maximum absolute atomic E-state index is 13.2. The number of nitriles is 1. The first kappa shape index (κ1) is 24.7. The number of aryl methyl sites for hydroxylation is 1. The van der Waals surface area contributed by atoms with E-state index in [1.54, 1.807) is 19.1 Å². The minimum Gasteiger partial charge on any atom is -0.330 e. The van der Waals surface area contributed by atoms with Gasteiger partial charge in [0, 0.05) is 26.4 Å². The van der Waals surface area contributed by atoms with Crippen LogP contribution in [0.25, 0.3) is 5.82 Å². The zero-order valence-electron chi connectivity index (χ0n) is 18.2. The molecule has 0 atom stereocenters. The van der Waals surface area contributed by atoms with Crippen molar-refractivity contribution in [3.63, 3.8) is 0 Å². The molecule has 0 radical (unpaired) electrons. The largest absolute Gasteiger partial charge is 0.335 e. The van der Waals surface area contributed by atoms with Gasteiger partial charge in [0.15, 0.2) is 5.82 Å². The van der Waals surface area contributed by atoms with Gasteiger partial charge in [0.05, 0.1) is 27.9 Å². The lowest BCUT2D eigenvalue weighted by Gasteiger charge is -2.17. The molecular formula is C21H18BrClN8O3. The monoisotopic (exact) mass is 544 g/mol. The van der Waals surface area contributed by atoms with E-state index in [0.29, 0.717) is 10.2 Å². The molecule has 0 unspecified atom stereocenters. The van der Waals surface area contributed by atoms with Crippen LogP contribution >= 0.6 is 27.5 Å². The Morgan fingerprint density at radius 3 is 2.56 bits per heavy atom. The molecule has 0 aliphatic heterocycles. The Labute approximate surface area is 207 Å². The van der Waals surface area contributed by atoms with Crippen molar-refractivity contribution in [2.45, 2.75) is 6.92 Å². The summed E-state index contributed by atoms with van der Waals surface area (Å²) >= 11 is 9.47. The van der Waals surface area contributed by atoms with Crippen LogP contribution in [0.5, 0.6) is 0 Å². The van der Waals surface area contributed by atoms with Crippen LogP contribution in [0.15, 0.2) is 41.1 Å². The molecule has 174 valence electrons. The van der Waals surface area contributed by atoms with Crippen LogP contribution < -0.4 is 16.2 Å². The van der Waals surface area contributed by atoms with Crippen LogP contribution in [-0.4, -0.2) is 51.6 Å². The molecule has 3 aromatic rings. The summed E-state index contributed by atoms with van der Waals surface area (Å²) in [7, 11) is 3.01. The average Bonchev–Trinajstić information content (AvgIpc) is 3.19. The number of urea groups is 1. The molecule has 3 N–H and O–H groups in total. The molecule has 0 aliphatic carbocycles. The lowest BCUT2D eigenvalue weighted by atomic mass is 10.0. The molecule has 4 amide bonds. The van der Waals surface area contributed by atoms with Crippen LogP contribution in [0.1, 0.15) is 32.0 Å². The number of nitrogens with one attached hydrogen (secondary N) is 3. The van der Waals surface area contributed by atoms with Crippen molar-refractivity contribution < 1.29 is 14.4 Å². The summed E-state index contributed by atoms with van der Waals surface area (Å²) in [6.45, 7) is 1.63. The lowest BCUT2D eigenvalue weighted by molar-refractivity contribution is 0.0933. The van der Waals surface area contributed by atoms with E-state index in [9.17, 15) is 19.6 Å². The standard InChI is InChI=1S/C21H18BrClN8O3/c1-11-7-12(10-24)8-13(19(32)27-28-21(34)30(2)3)17(11)26-20(33)15-9-16(22)29-31(15)18-14(23)5-4-6-25-18/h4-9H,1-3H3,(H,26,33)(H,27,32)(H,28,34). The summed E-state index contributed by atoms with van der Waals surface area (Å²) in [4.78, 5) is 43.2. The summed E-state index contributed by atoms with van der Waals surface area (Å²) in [5.41, 5.74) is 5.38. The predicted molar refractivity (Wildman–Crippen MR) is 128 cm³/mol. The van der Waals surface area contributed by atoms with Gasteiger partial charge in [0.2, 0.25) is 0 Å². The molecule has 3 rings (SSSR count). The fourth-order valence-electron chi connectivity index (χ4n) is 2.87. The van der Waals surface area contributed by atoms with Crippen molar-refractivity contribution in [2.75, 3.05) is 19.4 Å². The molecule has 0 bridgehead atoms. The third-order valence-corrected chi connectivity index (χ3v) is 5.17. The van der Waals surface area contributed by atoms with Gasteiger partial charge in [-0.25, -0.2) is 19.9 Å². The van der Waals surface area contributed by atoms with Gasteiger partial charge < -0.3 is 10.2 Å². The second-order valence-electron chi connectivity index (χ2n) is 7.13. The SMILES string of the molecule is Cc1cc(C#N)cc(C(=O)NNC(=O)N(C)C)c1NC(=O)c1cc(Br)nn1-c1ncccc1Cl. The van der Waals surface area contributed by atoms with Crippen molar-refractivity contribution in [3.8, 4) is 11.9 Å². The van der Waals surface area contributed by atoms with Crippen molar-refractivity contribution in [1.82, 2.24) is 30.5 Å². The number of nitrogens with zero attached hydrogens (tertiary/aromatic N) is 5. The van der Waals surface area contributed by atoms with E-state index in [-0.39, 0.29) is 33.3 Å². The van der Waals surface area contributed by atoms with Crippen LogP contribution in [0.2, 0.25) is 5.02 Å². The number of halogens is 2. The topological polar surface area (TPSA) is 145 Å². The summed E-state index contributed by atoms with van der Waals surface area (Å²) in [6.07, 6.45) is 1.51. The predicted octanol–water partition coefficient (Wildman–Crippen LogP) is 3.03. The van der Waals surface area contributed by atoms with E-state index in [2.05, 4.69) is 42.2 Å². The van der Waals surface area contributed by atoms with Crippen molar-refractivity contribution >= 4 is 51.1 Å². The first-order valence-electron chi connectivity index (χ1n) is 9.62. The first-order valence-corrected chi connectivity index (χ1v) is 10.8. The third kappa shape index (κ3) is 5.33. The van der Waals surface area contributed by atoms with Gasteiger partial charge in [-0.1, -0.05) is 11.6 Å². The molecule has 34 heavy (non-hydrogen) atoms. The van der Waals surface area contributed by atoms with Gasteiger partial charge in [-0.2, -0.15) is 10.4 Å². The minimum atomic E-state index is -0.729. The Morgan fingerprint density at radius 1 is 1.18 bits per heavy atom. The Morgan fingerprint density at radius 2 is 1.91 bits per heavy atom. The number of amides is 4. The van der Waals surface area contributed by atoms with Crippen molar-refractivity contribution in [2.24, 2.45) is 0 Å². The number of pyridine rings is 1. The number of benzene rings is 1. The van der Waals surface area contributed by atoms with E-state index in [1.165, 1.54) is 48.1 Å². The second kappa shape index (κ2) is 10.3. The van der Waals surface area contributed by atoms with Gasteiger partial charge >= 0.3 is 6.03 Å². The summed E-state index contributed by atoms with van der Waals surface area (Å²) < 4.78 is 1.62. The number of carbonyl (C=O) groups excluding carboxylic acids is 3. The highest BCUT2D eigenvalue weighted by molar-refractivity contribution is 9.10. The third-order valence-electron chi connectivity index (χ3n) is 4.49. The highest BCUT2D eigenvalue weighted by Gasteiger charge is 2.23. The van der Waals surface area contributed by atoms with E-state index >= 15 is 0 Å². The van der Waals surface area contributed by atoms with Gasteiger partial charge in [0.1, 0.15) is 10.3 Å². The fourth-order valence-corrected chi connectivity index (χ4v) is 3.45. The molecule has 0 aliphatic rings. The fraction of sp³-hybridized carbons (Fsp3) is 0.143. The Balaban J connectivity index is 1.98. The molecule has 0 fully saturated rings. The van der Waals surface area contributed by atoms with E-state index in [1.807, 2.05) is 6.07 Å². The first-order chi connectivity index (χ1) is 16.1. The maximum atomic E-state index is 13.2. The number of carbonyl (C=O) groups is 3. The Hall–Kier alpha value is -3.95. The normalized spacial score (nSPS) is 10.2. The number of hydrazine groups is 1. The van der Waals surface area contributed by atoms with Crippen LogP contribution in [0.4, 0.5) is 10.5 Å². The molecule has 0 saturated carbocycles. The number of rotatable bonds is 4. The highest BCUT2D eigenvalue weighted by atomic mass is 79.9. The van der Waals surface area contributed by atoms with Crippen molar-refractivity contribution in [3.05, 3.63) is 68.5 Å². The molecule has 1 aromatic carbocycles. The van der Waals surface area contributed by atoms with Crippen LogP contribution in [0, 0.1) is 18.3 Å². The molecule has 0 saturated heterocycles. The van der Waals surface area contributed by atoms with E-state index < -0.39 is 17.8 Å². The molecular weight excluding hydrogens is 528 g/mol. The van der Waals surface area contributed by atoms with E-state index in [4.69, 9.17) is 11.6 Å². The smallest absolute Gasteiger partial charge is 0.330 e. The maximum Gasteiger partial charge on any atom is 0.335 e. The molecule has 13 heteroatoms. The molecule has 0 spiro atoms. The van der Waals surface area contributed by atoms with Gasteiger partial charge in [-0.05, 0) is 52.7 Å². The molecule has 2 heterocycles. The summed E-state index contributed by atoms with van der Waals surface area (Å²) in [5, 5.41) is 16.5. The van der Waals surface area contributed by atoms with Crippen LogP contribution in [0.3, 0.4) is 0 Å². The molecule has 11 nitrogen and oxygen atoms in total. The Kier molecular flexibility index (Phi) is 7.50. The van der Waals surface area contributed by atoms with Crippen molar-refractivity contribution in [1.29, 1.82) is 5.26 Å². The highest BCUT2D eigenvalue weighted by Crippen LogP contribution is 2.26. The zero-order chi connectivity index (χ0) is 25.0. The average molecular weight is 546 g/mol. The van der Waals surface area contributed by atoms with Gasteiger partial charge in [-0.3, -0.25) is 15.0 Å². The summed E-state index contributed by atoms with van der Waals surface area (Å²) in [6, 6.07) is 8.95. The number of aromatic nitrogens is 3. The van der Waals surface area contributed by atoms with Crippen LogP contribution in [-0.2, 0) is 0 Å². The summed E-state index contributed by atoms with van der Waals surface area (Å²) in [5.74, 6) is -1.10. The lowest BCUT2D eigenvalue weighted by Crippen LogP contribution is -2.46.